The van der Waals surface area contributed by atoms with Gasteiger partial charge in [-0.2, -0.15) is 0 Å². The Kier molecular flexibility index (Phi) is 3.91. The zero-order chi connectivity index (χ0) is 12.3. The number of hydrogen-bond acceptors (Lipinski definition) is 4. The van der Waals surface area contributed by atoms with E-state index in [0.29, 0.717) is 17.5 Å². The quantitative estimate of drug-likeness (QED) is 0.800. The summed E-state index contributed by atoms with van der Waals surface area (Å²) in [5, 5.41) is 3.08. The monoisotopic (exact) mass is 254 g/mol. The number of anilines is 1. The van der Waals surface area contributed by atoms with Crippen molar-refractivity contribution in [2.45, 2.75) is 19.3 Å². The predicted octanol–water partition coefficient (Wildman–Crippen LogP) is 1.44. The Balaban J connectivity index is 2.01. The Morgan fingerprint density at radius 2 is 2.35 bits per heavy atom. The molecule has 6 heteroatoms. The summed E-state index contributed by atoms with van der Waals surface area (Å²) in [6.45, 7) is 0.558. The number of nitrogens with two attached hydrogens (primary N) is 1. The van der Waals surface area contributed by atoms with Gasteiger partial charge in [0.15, 0.2) is 0 Å². The van der Waals surface area contributed by atoms with Crippen LogP contribution in [0.15, 0.2) is 12.4 Å². The van der Waals surface area contributed by atoms with E-state index < -0.39 is 0 Å². The van der Waals surface area contributed by atoms with Crippen molar-refractivity contribution < 1.29 is 4.79 Å². The fraction of sp³-hybridized carbons (Fsp3) is 0.545. The van der Waals surface area contributed by atoms with Gasteiger partial charge in [0.05, 0.1) is 0 Å². The summed E-state index contributed by atoms with van der Waals surface area (Å²) < 4.78 is 0. The fourth-order valence-corrected chi connectivity index (χ4v) is 2.43. The Bertz CT molecular complexity index is 412. The molecule has 0 spiro atoms. The molecule has 0 aromatic carbocycles. The van der Waals surface area contributed by atoms with Crippen LogP contribution in [0.2, 0.25) is 5.15 Å². The van der Waals surface area contributed by atoms with Crippen molar-refractivity contribution in [3.8, 4) is 0 Å². The molecular formula is C11H15ClN4O. The maximum absolute atomic E-state index is 12.0. The number of nitrogens with zero attached hydrogens (tertiary/aromatic N) is 2. The zero-order valence-electron chi connectivity index (χ0n) is 9.40. The largest absolute Gasteiger partial charge is 0.330 e. The second kappa shape index (κ2) is 5.42. The highest BCUT2D eigenvalue weighted by Crippen LogP contribution is 2.31. The highest BCUT2D eigenvalue weighted by Gasteiger charge is 2.32. The van der Waals surface area contributed by atoms with E-state index in [4.69, 9.17) is 17.3 Å². The van der Waals surface area contributed by atoms with Gasteiger partial charge in [0, 0.05) is 12.0 Å². The maximum Gasteiger partial charge on any atom is 0.228 e. The third-order valence-electron chi connectivity index (χ3n) is 3.18. The molecule has 5 nitrogen and oxygen atoms in total. The van der Waals surface area contributed by atoms with Gasteiger partial charge in [0.2, 0.25) is 5.91 Å². The number of hydrogen-bond donors (Lipinski definition) is 2. The molecule has 2 atom stereocenters. The molecule has 17 heavy (non-hydrogen) atoms. The molecule has 0 radical (unpaired) electrons. The lowest BCUT2D eigenvalue weighted by Crippen LogP contribution is -2.30. The van der Waals surface area contributed by atoms with Crippen LogP contribution in [0.5, 0.6) is 0 Å². The standard InChI is InChI=1S/C11H15ClN4O/c12-9-4-10(15-6-14-9)16-11(17)8-3-1-2-7(8)5-13/h4,6-8H,1-3,5,13H2,(H,14,15,16,17). The smallest absolute Gasteiger partial charge is 0.228 e. The molecule has 1 saturated carbocycles. The van der Waals surface area contributed by atoms with Crippen molar-refractivity contribution in [2.75, 3.05) is 11.9 Å². The van der Waals surface area contributed by atoms with Crippen molar-refractivity contribution in [1.29, 1.82) is 0 Å². The van der Waals surface area contributed by atoms with E-state index in [-0.39, 0.29) is 17.7 Å². The molecule has 2 unspecified atom stereocenters. The second-order valence-electron chi connectivity index (χ2n) is 4.25. The van der Waals surface area contributed by atoms with Gasteiger partial charge >= 0.3 is 0 Å². The number of halogens is 1. The molecule has 1 aliphatic carbocycles. The third kappa shape index (κ3) is 2.92. The topological polar surface area (TPSA) is 80.9 Å². The zero-order valence-corrected chi connectivity index (χ0v) is 10.2. The molecule has 2 rings (SSSR count). The van der Waals surface area contributed by atoms with Crippen molar-refractivity contribution >= 4 is 23.3 Å². The van der Waals surface area contributed by atoms with E-state index in [9.17, 15) is 4.79 Å². The Morgan fingerprint density at radius 1 is 1.53 bits per heavy atom. The molecule has 1 amide bonds. The van der Waals surface area contributed by atoms with E-state index in [0.717, 1.165) is 19.3 Å². The normalized spacial score (nSPS) is 23.6. The average molecular weight is 255 g/mol. The van der Waals surface area contributed by atoms with Crippen molar-refractivity contribution in [2.24, 2.45) is 17.6 Å². The minimum absolute atomic E-state index is 0.00580. The Labute approximate surface area is 105 Å². The van der Waals surface area contributed by atoms with E-state index in [1.165, 1.54) is 12.4 Å². The van der Waals surface area contributed by atoms with Crippen molar-refractivity contribution in [3.05, 3.63) is 17.5 Å². The summed E-state index contributed by atoms with van der Waals surface area (Å²) in [7, 11) is 0. The minimum atomic E-state index is -0.0206. The second-order valence-corrected chi connectivity index (χ2v) is 4.64. The van der Waals surface area contributed by atoms with Crippen LogP contribution in [0.25, 0.3) is 0 Å². The molecular weight excluding hydrogens is 240 g/mol. The Hall–Kier alpha value is -1.20. The van der Waals surface area contributed by atoms with Gasteiger partial charge < -0.3 is 11.1 Å². The van der Waals surface area contributed by atoms with Gasteiger partial charge in [-0.15, -0.1) is 0 Å². The van der Waals surface area contributed by atoms with Gasteiger partial charge in [-0.25, -0.2) is 9.97 Å². The van der Waals surface area contributed by atoms with Crippen molar-refractivity contribution in [3.63, 3.8) is 0 Å². The molecule has 92 valence electrons. The lowest BCUT2D eigenvalue weighted by Gasteiger charge is -2.16. The average Bonchev–Trinajstić information content (AvgIpc) is 2.77. The van der Waals surface area contributed by atoms with Crippen LogP contribution in [0.3, 0.4) is 0 Å². The maximum atomic E-state index is 12.0. The summed E-state index contributed by atoms with van der Waals surface area (Å²) in [6, 6.07) is 1.53. The summed E-state index contributed by atoms with van der Waals surface area (Å²) in [6.07, 6.45) is 4.31. The summed E-state index contributed by atoms with van der Waals surface area (Å²) in [5.74, 6) is 0.700. The number of carbonyl (C=O) groups excluding carboxylic acids is 1. The van der Waals surface area contributed by atoms with Crippen LogP contribution in [-0.2, 0) is 4.79 Å². The van der Waals surface area contributed by atoms with Crippen LogP contribution in [0, 0.1) is 11.8 Å². The van der Waals surface area contributed by atoms with E-state index in [1.54, 1.807) is 0 Å². The summed E-state index contributed by atoms with van der Waals surface area (Å²) >= 11 is 5.72. The van der Waals surface area contributed by atoms with Crippen LogP contribution in [0.1, 0.15) is 19.3 Å². The molecule has 3 N–H and O–H groups in total. The van der Waals surface area contributed by atoms with Gasteiger partial charge in [-0.1, -0.05) is 18.0 Å². The highest BCUT2D eigenvalue weighted by atomic mass is 35.5. The molecule has 1 aromatic heterocycles. The fourth-order valence-electron chi connectivity index (χ4n) is 2.28. The molecule has 1 aromatic rings. The molecule has 0 bridgehead atoms. The number of nitrogens with one attached hydrogen (secondary N) is 1. The molecule has 1 aliphatic rings. The first kappa shape index (κ1) is 12.3. The summed E-state index contributed by atoms with van der Waals surface area (Å²) in [5.41, 5.74) is 5.65. The minimum Gasteiger partial charge on any atom is -0.330 e. The van der Waals surface area contributed by atoms with Gasteiger partial charge in [0.25, 0.3) is 0 Å². The molecule has 0 saturated heterocycles. The third-order valence-corrected chi connectivity index (χ3v) is 3.39. The Morgan fingerprint density at radius 3 is 3.06 bits per heavy atom. The molecule has 0 aliphatic heterocycles. The molecule has 1 heterocycles. The number of aromatic nitrogens is 2. The highest BCUT2D eigenvalue weighted by molar-refractivity contribution is 6.29. The van der Waals surface area contributed by atoms with E-state index in [2.05, 4.69) is 15.3 Å². The first-order chi connectivity index (χ1) is 8.20. The van der Waals surface area contributed by atoms with Crippen molar-refractivity contribution in [1.82, 2.24) is 9.97 Å². The van der Waals surface area contributed by atoms with Crippen LogP contribution in [-0.4, -0.2) is 22.4 Å². The number of amides is 1. The number of rotatable bonds is 3. The van der Waals surface area contributed by atoms with Crippen LogP contribution in [0.4, 0.5) is 5.82 Å². The lowest BCUT2D eigenvalue weighted by atomic mass is 9.95. The molecule has 1 fully saturated rings. The van der Waals surface area contributed by atoms with Crippen LogP contribution < -0.4 is 11.1 Å². The SMILES string of the molecule is NCC1CCCC1C(=O)Nc1cc(Cl)ncn1. The van der Waals surface area contributed by atoms with E-state index in [1.807, 2.05) is 0 Å². The lowest BCUT2D eigenvalue weighted by molar-refractivity contribution is -0.120. The van der Waals surface area contributed by atoms with Gasteiger partial charge in [-0.3, -0.25) is 4.79 Å². The number of carbonyl (C=O) groups is 1. The van der Waals surface area contributed by atoms with Crippen LogP contribution >= 0.6 is 11.6 Å². The first-order valence-corrected chi connectivity index (χ1v) is 6.07. The van der Waals surface area contributed by atoms with Gasteiger partial charge in [-0.05, 0) is 25.3 Å². The van der Waals surface area contributed by atoms with E-state index >= 15 is 0 Å². The summed E-state index contributed by atoms with van der Waals surface area (Å²) in [4.78, 5) is 19.7. The predicted molar refractivity (Wildman–Crippen MR) is 65.6 cm³/mol. The van der Waals surface area contributed by atoms with Gasteiger partial charge in [0.1, 0.15) is 17.3 Å². The first-order valence-electron chi connectivity index (χ1n) is 5.69.